The summed E-state index contributed by atoms with van der Waals surface area (Å²) in [4.78, 5) is 22.3. The number of halogens is 2. The Morgan fingerprint density at radius 3 is 2.67 bits per heavy atom. The van der Waals surface area contributed by atoms with Gasteiger partial charge in [0.1, 0.15) is 11.5 Å². The fraction of sp³-hybridized carbons (Fsp3) is 0.0714. The van der Waals surface area contributed by atoms with Gasteiger partial charge in [-0.3, -0.25) is 14.9 Å². The van der Waals surface area contributed by atoms with Crippen LogP contribution in [0.5, 0.6) is 0 Å². The molecule has 0 bridgehead atoms. The standard InChI is InChI=1S/C14H10BrFN2O3/c1-8-2-4-11(15)10(6-8)14(19)17-12-5-3-9(16)7-13(12)18(20)21/h2-7H,1H3,(H,17,19). The Labute approximate surface area is 128 Å². The summed E-state index contributed by atoms with van der Waals surface area (Å²) in [7, 11) is 0. The highest BCUT2D eigenvalue weighted by Gasteiger charge is 2.18. The maximum absolute atomic E-state index is 13.1. The lowest BCUT2D eigenvalue weighted by atomic mass is 10.1. The summed E-state index contributed by atoms with van der Waals surface area (Å²) in [5, 5.41) is 13.3. The number of nitro benzene ring substituents is 1. The first-order valence-corrected chi connectivity index (χ1v) is 6.69. The molecule has 2 aromatic rings. The second kappa shape index (κ2) is 6.01. The highest BCUT2D eigenvalue weighted by atomic mass is 79.9. The summed E-state index contributed by atoms with van der Waals surface area (Å²) >= 11 is 3.25. The van der Waals surface area contributed by atoms with Gasteiger partial charge in [0, 0.05) is 4.47 Å². The van der Waals surface area contributed by atoms with E-state index in [1.54, 1.807) is 12.1 Å². The van der Waals surface area contributed by atoms with Crippen LogP contribution < -0.4 is 5.32 Å². The van der Waals surface area contributed by atoms with E-state index < -0.39 is 22.3 Å². The average Bonchev–Trinajstić information content (AvgIpc) is 2.43. The van der Waals surface area contributed by atoms with E-state index in [2.05, 4.69) is 21.2 Å². The Balaban J connectivity index is 2.36. The summed E-state index contributed by atoms with van der Waals surface area (Å²) in [5.41, 5.74) is 0.664. The van der Waals surface area contributed by atoms with Gasteiger partial charge in [0.2, 0.25) is 0 Å². The molecule has 7 heteroatoms. The van der Waals surface area contributed by atoms with Gasteiger partial charge in [-0.05, 0) is 47.1 Å². The fourth-order valence-electron chi connectivity index (χ4n) is 1.76. The Bertz CT molecular complexity index is 734. The summed E-state index contributed by atoms with van der Waals surface area (Å²) in [6.07, 6.45) is 0. The molecule has 0 aliphatic heterocycles. The minimum absolute atomic E-state index is 0.0557. The second-order valence-corrected chi connectivity index (χ2v) is 5.21. The zero-order valence-corrected chi connectivity index (χ0v) is 12.5. The van der Waals surface area contributed by atoms with E-state index in [4.69, 9.17) is 0 Å². The predicted octanol–water partition coefficient (Wildman–Crippen LogP) is 4.06. The van der Waals surface area contributed by atoms with Crippen LogP contribution >= 0.6 is 15.9 Å². The molecular weight excluding hydrogens is 343 g/mol. The molecule has 0 unspecified atom stereocenters. The number of nitro groups is 1. The molecule has 0 radical (unpaired) electrons. The van der Waals surface area contributed by atoms with Gasteiger partial charge in [0.05, 0.1) is 16.6 Å². The van der Waals surface area contributed by atoms with E-state index in [1.165, 1.54) is 0 Å². The molecule has 2 rings (SSSR count). The molecule has 2 aromatic carbocycles. The van der Waals surface area contributed by atoms with Gasteiger partial charge in [0.15, 0.2) is 0 Å². The van der Waals surface area contributed by atoms with Gasteiger partial charge in [0.25, 0.3) is 11.6 Å². The molecule has 0 saturated carbocycles. The van der Waals surface area contributed by atoms with E-state index in [0.29, 0.717) is 10.0 Å². The molecule has 0 aromatic heterocycles. The smallest absolute Gasteiger partial charge is 0.295 e. The number of anilines is 1. The van der Waals surface area contributed by atoms with Gasteiger partial charge in [-0.15, -0.1) is 0 Å². The van der Waals surface area contributed by atoms with Gasteiger partial charge >= 0.3 is 0 Å². The van der Waals surface area contributed by atoms with Crippen molar-refractivity contribution in [3.05, 3.63) is 67.9 Å². The van der Waals surface area contributed by atoms with Gasteiger partial charge in [-0.2, -0.15) is 0 Å². The van der Waals surface area contributed by atoms with Crippen LogP contribution in [0, 0.1) is 22.9 Å². The van der Waals surface area contributed by atoms with Crippen molar-refractivity contribution in [3.8, 4) is 0 Å². The van der Waals surface area contributed by atoms with Crippen LogP contribution in [0.1, 0.15) is 15.9 Å². The molecular formula is C14H10BrFN2O3. The van der Waals surface area contributed by atoms with Crippen LogP contribution in [-0.2, 0) is 0 Å². The monoisotopic (exact) mass is 352 g/mol. The number of amides is 1. The number of carbonyl (C=O) groups excluding carboxylic acids is 1. The van der Waals surface area contributed by atoms with Crippen molar-refractivity contribution in [1.82, 2.24) is 0 Å². The Hall–Kier alpha value is -2.28. The molecule has 0 spiro atoms. The molecule has 21 heavy (non-hydrogen) atoms. The predicted molar refractivity (Wildman–Crippen MR) is 79.9 cm³/mol. The van der Waals surface area contributed by atoms with Gasteiger partial charge < -0.3 is 5.32 Å². The SMILES string of the molecule is Cc1ccc(Br)c(C(=O)Nc2ccc(F)cc2[N+](=O)[O-])c1. The number of carbonyl (C=O) groups is 1. The summed E-state index contributed by atoms with van der Waals surface area (Å²) in [5.74, 6) is -1.25. The highest BCUT2D eigenvalue weighted by Crippen LogP contribution is 2.26. The number of aryl methyl sites for hydroxylation is 1. The van der Waals surface area contributed by atoms with E-state index in [1.807, 2.05) is 13.0 Å². The van der Waals surface area contributed by atoms with Crippen molar-refractivity contribution in [2.75, 3.05) is 5.32 Å². The van der Waals surface area contributed by atoms with Crippen LogP contribution in [0.25, 0.3) is 0 Å². The molecule has 1 amide bonds. The van der Waals surface area contributed by atoms with E-state index in [-0.39, 0.29) is 5.69 Å². The summed E-state index contributed by atoms with van der Waals surface area (Å²) < 4.78 is 13.6. The molecule has 0 aliphatic rings. The first kappa shape index (κ1) is 15.1. The first-order valence-electron chi connectivity index (χ1n) is 5.90. The van der Waals surface area contributed by atoms with Crippen molar-refractivity contribution < 1.29 is 14.1 Å². The number of nitrogens with zero attached hydrogens (tertiary/aromatic N) is 1. The third-order valence-corrected chi connectivity index (χ3v) is 3.46. The lowest BCUT2D eigenvalue weighted by Crippen LogP contribution is -2.14. The van der Waals surface area contributed by atoms with Crippen LogP contribution in [0.15, 0.2) is 40.9 Å². The largest absolute Gasteiger partial charge is 0.316 e. The van der Waals surface area contributed by atoms with Crippen LogP contribution in [0.2, 0.25) is 0 Å². The molecule has 0 heterocycles. The molecule has 1 N–H and O–H groups in total. The van der Waals surface area contributed by atoms with E-state index in [9.17, 15) is 19.3 Å². The van der Waals surface area contributed by atoms with Crippen molar-refractivity contribution in [2.45, 2.75) is 6.92 Å². The summed E-state index contributed by atoms with van der Waals surface area (Å²) in [6.45, 7) is 1.82. The van der Waals surface area contributed by atoms with Crippen LogP contribution in [0.3, 0.4) is 0 Å². The van der Waals surface area contributed by atoms with E-state index in [0.717, 1.165) is 23.8 Å². The molecule has 5 nitrogen and oxygen atoms in total. The maximum atomic E-state index is 13.1. The third kappa shape index (κ3) is 3.43. The number of nitrogens with one attached hydrogen (secondary N) is 1. The lowest BCUT2D eigenvalue weighted by Gasteiger charge is -2.08. The second-order valence-electron chi connectivity index (χ2n) is 4.36. The molecule has 0 atom stereocenters. The van der Waals surface area contributed by atoms with Crippen molar-refractivity contribution >= 4 is 33.2 Å². The Morgan fingerprint density at radius 1 is 1.29 bits per heavy atom. The third-order valence-electron chi connectivity index (χ3n) is 2.77. The van der Waals surface area contributed by atoms with Gasteiger partial charge in [-0.1, -0.05) is 11.6 Å². The van der Waals surface area contributed by atoms with E-state index >= 15 is 0 Å². The number of benzene rings is 2. The Morgan fingerprint density at radius 2 is 2.00 bits per heavy atom. The van der Waals surface area contributed by atoms with Crippen LogP contribution in [0.4, 0.5) is 15.8 Å². The molecule has 0 aliphatic carbocycles. The lowest BCUT2D eigenvalue weighted by molar-refractivity contribution is -0.384. The zero-order chi connectivity index (χ0) is 15.6. The van der Waals surface area contributed by atoms with Crippen molar-refractivity contribution in [1.29, 1.82) is 0 Å². The number of hydrogen-bond donors (Lipinski definition) is 1. The van der Waals surface area contributed by atoms with Gasteiger partial charge in [-0.25, -0.2) is 4.39 Å². The maximum Gasteiger partial charge on any atom is 0.295 e. The zero-order valence-electron chi connectivity index (χ0n) is 10.9. The first-order chi connectivity index (χ1) is 9.88. The molecule has 108 valence electrons. The number of rotatable bonds is 3. The molecule has 0 fully saturated rings. The van der Waals surface area contributed by atoms with Crippen LogP contribution in [-0.4, -0.2) is 10.8 Å². The molecule has 0 saturated heterocycles. The Kier molecular flexibility index (Phi) is 4.32. The van der Waals surface area contributed by atoms with Crippen molar-refractivity contribution in [2.24, 2.45) is 0 Å². The highest BCUT2D eigenvalue weighted by molar-refractivity contribution is 9.10. The number of hydrogen-bond acceptors (Lipinski definition) is 3. The normalized spacial score (nSPS) is 10.2. The van der Waals surface area contributed by atoms with Crippen molar-refractivity contribution in [3.63, 3.8) is 0 Å². The fourth-order valence-corrected chi connectivity index (χ4v) is 2.19. The topological polar surface area (TPSA) is 72.2 Å². The average molecular weight is 353 g/mol. The minimum Gasteiger partial charge on any atom is -0.316 e. The summed E-state index contributed by atoms with van der Waals surface area (Å²) in [6, 6.07) is 8.16. The minimum atomic E-state index is -0.746. The quantitative estimate of drug-likeness (QED) is 0.668.